The minimum atomic E-state index is 0.0249. The number of rotatable bonds is 4. The van der Waals surface area contributed by atoms with Crippen molar-refractivity contribution in [2.45, 2.75) is 6.54 Å². The predicted octanol–water partition coefficient (Wildman–Crippen LogP) is 1.53. The Bertz CT molecular complexity index is 451. The number of piperazine rings is 1. The molecular formula is C15H20N2O2. The molecule has 2 rings (SSSR count). The van der Waals surface area contributed by atoms with E-state index in [1.54, 1.807) is 7.11 Å². The highest BCUT2D eigenvalue weighted by atomic mass is 16.5. The molecule has 0 atom stereocenters. The monoisotopic (exact) mass is 260 g/mol. The maximum atomic E-state index is 11.5. The molecule has 0 radical (unpaired) electrons. The van der Waals surface area contributed by atoms with E-state index in [0.717, 1.165) is 38.5 Å². The second-order valence-electron chi connectivity index (χ2n) is 4.62. The van der Waals surface area contributed by atoms with Gasteiger partial charge in [-0.2, -0.15) is 0 Å². The second-order valence-corrected chi connectivity index (χ2v) is 4.62. The van der Waals surface area contributed by atoms with Crippen LogP contribution in [0.15, 0.2) is 36.9 Å². The third kappa shape index (κ3) is 3.35. The molecular weight excluding hydrogens is 240 g/mol. The summed E-state index contributed by atoms with van der Waals surface area (Å²) in [6, 6.07) is 8.06. The van der Waals surface area contributed by atoms with E-state index in [-0.39, 0.29) is 5.91 Å². The van der Waals surface area contributed by atoms with Crippen LogP contribution in [0.3, 0.4) is 0 Å². The maximum absolute atomic E-state index is 11.5. The van der Waals surface area contributed by atoms with Crippen molar-refractivity contribution in [3.05, 3.63) is 42.5 Å². The first-order valence-electron chi connectivity index (χ1n) is 6.50. The van der Waals surface area contributed by atoms with Crippen LogP contribution in [0.2, 0.25) is 0 Å². The normalized spacial score (nSPS) is 16.2. The smallest absolute Gasteiger partial charge is 0.246 e. The standard InChI is InChI=1S/C15H20N2O2/c1-3-15(18)17-10-8-16(9-11-17)12-13-6-4-5-7-14(13)19-2/h3-7H,1,8-12H2,2H3. The number of carbonyl (C=O) groups excluding carboxylic acids is 1. The number of amides is 1. The molecule has 1 aliphatic heterocycles. The Morgan fingerprint density at radius 3 is 2.63 bits per heavy atom. The molecule has 0 aromatic heterocycles. The summed E-state index contributed by atoms with van der Waals surface area (Å²) < 4.78 is 5.36. The van der Waals surface area contributed by atoms with Crippen LogP contribution < -0.4 is 4.74 Å². The first-order chi connectivity index (χ1) is 9.24. The molecule has 1 fully saturated rings. The minimum Gasteiger partial charge on any atom is -0.496 e. The van der Waals surface area contributed by atoms with Gasteiger partial charge in [0, 0.05) is 38.3 Å². The molecule has 4 nitrogen and oxygen atoms in total. The molecule has 1 heterocycles. The van der Waals surface area contributed by atoms with Gasteiger partial charge in [0.1, 0.15) is 5.75 Å². The molecule has 1 aromatic rings. The molecule has 0 unspecified atom stereocenters. The fraction of sp³-hybridized carbons (Fsp3) is 0.400. The van der Waals surface area contributed by atoms with Gasteiger partial charge in [-0.3, -0.25) is 9.69 Å². The van der Waals surface area contributed by atoms with Crippen molar-refractivity contribution in [3.8, 4) is 5.75 Å². The highest BCUT2D eigenvalue weighted by molar-refractivity contribution is 5.87. The van der Waals surface area contributed by atoms with Gasteiger partial charge in [-0.1, -0.05) is 24.8 Å². The quantitative estimate of drug-likeness (QED) is 0.770. The van der Waals surface area contributed by atoms with Crippen molar-refractivity contribution in [2.24, 2.45) is 0 Å². The van der Waals surface area contributed by atoms with Crippen molar-refractivity contribution in [2.75, 3.05) is 33.3 Å². The summed E-state index contributed by atoms with van der Waals surface area (Å²) in [7, 11) is 1.69. The zero-order chi connectivity index (χ0) is 13.7. The highest BCUT2D eigenvalue weighted by Crippen LogP contribution is 2.19. The van der Waals surface area contributed by atoms with Crippen molar-refractivity contribution in [1.29, 1.82) is 0 Å². The summed E-state index contributed by atoms with van der Waals surface area (Å²) >= 11 is 0. The van der Waals surface area contributed by atoms with Crippen molar-refractivity contribution < 1.29 is 9.53 Å². The molecule has 0 N–H and O–H groups in total. The Hall–Kier alpha value is -1.81. The summed E-state index contributed by atoms with van der Waals surface area (Å²) in [6.45, 7) is 7.69. The molecule has 1 aliphatic rings. The van der Waals surface area contributed by atoms with Gasteiger partial charge in [-0.25, -0.2) is 0 Å². The van der Waals surface area contributed by atoms with Gasteiger partial charge in [-0.15, -0.1) is 0 Å². The second kappa shape index (κ2) is 6.38. The number of para-hydroxylation sites is 1. The van der Waals surface area contributed by atoms with E-state index in [2.05, 4.69) is 17.5 Å². The number of methoxy groups -OCH3 is 1. The first-order valence-corrected chi connectivity index (χ1v) is 6.50. The van der Waals surface area contributed by atoms with E-state index in [9.17, 15) is 4.79 Å². The molecule has 19 heavy (non-hydrogen) atoms. The largest absolute Gasteiger partial charge is 0.496 e. The van der Waals surface area contributed by atoms with Crippen LogP contribution in [0.5, 0.6) is 5.75 Å². The van der Waals surface area contributed by atoms with Crippen LogP contribution in [0.1, 0.15) is 5.56 Å². The zero-order valence-electron chi connectivity index (χ0n) is 11.3. The summed E-state index contributed by atoms with van der Waals surface area (Å²) in [5, 5.41) is 0. The van der Waals surface area contributed by atoms with Crippen molar-refractivity contribution in [1.82, 2.24) is 9.80 Å². The van der Waals surface area contributed by atoms with Crippen molar-refractivity contribution in [3.63, 3.8) is 0 Å². The lowest BCUT2D eigenvalue weighted by Gasteiger charge is -2.34. The van der Waals surface area contributed by atoms with Crippen LogP contribution in [0.25, 0.3) is 0 Å². The summed E-state index contributed by atoms with van der Waals surface area (Å²) in [5.41, 5.74) is 1.19. The molecule has 1 saturated heterocycles. The Kier molecular flexibility index (Phi) is 4.58. The average molecular weight is 260 g/mol. The molecule has 1 aromatic carbocycles. The molecule has 4 heteroatoms. The van der Waals surface area contributed by atoms with E-state index < -0.39 is 0 Å². The average Bonchev–Trinajstić information content (AvgIpc) is 2.48. The summed E-state index contributed by atoms with van der Waals surface area (Å²) in [5.74, 6) is 0.948. The molecule has 0 bridgehead atoms. The van der Waals surface area contributed by atoms with Gasteiger partial charge in [0.2, 0.25) is 5.91 Å². The number of hydrogen-bond donors (Lipinski definition) is 0. The number of hydrogen-bond acceptors (Lipinski definition) is 3. The van der Waals surface area contributed by atoms with E-state index in [4.69, 9.17) is 4.74 Å². The summed E-state index contributed by atoms with van der Waals surface area (Å²) in [6.07, 6.45) is 1.38. The van der Waals surface area contributed by atoms with Gasteiger partial charge in [0.25, 0.3) is 0 Å². The Balaban J connectivity index is 1.92. The third-order valence-electron chi connectivity index (χ3n) is 3.45. The lowest BCUT2D eigenvalue weighted by atomic mass is 10.1. The van der Waals surface area contributed by atoms with Gasteiger partial charge >= 0.3 is 0 Å². The van der Waals surface area contributed by atoms with Gasteiger partial charge < -0.3 is 9.64 Å². The lowest BCUT2D eigenvalue weighted by molar-refractivity contribution is -0.127. The third-order valence-corrected chi connectivity index (χ3v) is 3.45. The maximum Gasteiger partial charge on any atom is 0.246 e. The van der Waals surface area contributed by atoms with E-state index in [1.807, 2.05) is 23.1 Å². The topological polar surface area (TPSA) is 32.8 Å². The number of nitrogens with zero attached hydrogens (tertiary/aromatic N) is 2. The van der Waals surface area contributed by atoms with Crippen LogP contribution in [-0.2, 0) is 11.3 Å². The molecule has 1 amide bonds. The number of carbonyl (C=O) groups is 1. The molecule has 0 saturated carbocycles. The first kappa shape index (κ1) is 13.6. The zero-order valence-corrected chi connectivity index (χ0v) is 11.3. The number of benzene rings is 1. The Labute approximate surface area is 114 Å². The SMILES string of the molecule is C=CC(=O)N1CCN(Cc2ccccc2OC)CC1. The van der Waals surface area contributed by atoms with Gasteiger partial charge in [0.05, 0.1) is 7.11 Å². The molecule has 102 valence electrons. The molecule has 0 spiro atoms. The lowest BCUT2D eigenvalue weighted by Crippen LogP contribution is -2.47. The van der Waals surface area contributed by atoms with Crippen LogP contribution in [0, 0.1) is 0 Å². The fourth-order valence-corrected chi connectivity index (χ4v) is 2.33. The molecule has 0 aliphatic carbocycles. The number of ether oxygens (including phenoxy) is 1. The minimum absolute atomic E-state index is 0.0249. The van der Waals surface area contributed by atoms with Crippen LogP contribution in [0.4, 0.5) is 0 Å². The van der Waals surface area contributed by atoms with E-state index in [0.29, 0.717) is 0 Å². The van der Waals surface area contributed by atoms with E-state index in [1.165, 1.54) is 11.6 Å². The Morgan fingerprint density at radius 1 is 1.32 bits per heavy atom. The summed E-state index contributed by atoms with van der Waals surface area (Å²) in [4.78, 5) is 15.7. The van der Waals surface area contributed by atoms with Gasteiger partial charge in [0.15, 0.2) is 0 Å². The van der Waals surface area contributed by atoms with Crippen LogP contribution >= 0.6 is 0 Å². The highest BCUT2D eigenvalue weighted by Gasteiger charge is 2.19. The van der Waals surface area contributed by atoms with Crippen LogP contribution in [-0.4, -0.2) is 49.0 Å². The predicted molar refractivity (Wildman–Crippen MR) is 75.0 cm³/mol. The fourth-order valence-electron chi connectivity index (χ4n) is 2.33. The van der Waals surface area contributed by atoms with Gasteiger partial charge in [-0.05, 0) is 12.1 Å². The van der Waals surface area contributed by atoms with Crippen molar-refractivity contribution >= 4 is 5.91 Å². The van der Waals surface area contributed by atoms with E-state index >= 15 is 0 Å². The Morgan fingerprint density at radius 2 is 2.00 bits per heavy atom.